The zero-order chi connectivity index (χ0) is 21.2. The molecule has 2 aromatic heterocycles. The lowest BCUT2D eigenvalue weighted by molar-refractivity contribution is 0.414. The predicted molar refractivity (Wildman–Crippen MR) is 126 cm³/mol. The van der Waals surface area contributed by atoms with Gasteiger partial charge < -0.3 is 14.5 Å². The van der Waals surface area contributed by atoms with Gasteiger partial charge in [0.2, 0.25) is 0 Å². The minimum Gasteiger partial charge on any atom is -0.497 e. The van der Waals surface area contributed by atoms with Crippen molar-refractivity contribution >= 4 is 21.9 Å². The maximum atomic E-state index is 5.34. The molecule has 0 unspecified atom stereocenters. The van der Waals surface area contributed by atoms with E-state index in [4.69, 9.17) is 14.5 Å². The van der Waals surface area contributed by atoms with Crippen LogP contribution < -0.4 is 9.47 Å². The molecule has 0 saturated heterocycles. The first-order valence-electron chi connectivity index (χ1n) is 10.4. The van der Waals surface area contributed by atoms with E-state index < -0.39 is 0 Å². The number of aromatic amines is 1. The number of fused-ring (bicyclic) bond motifs is 3. The number of nitrogens with one attached hydrogen (secondary N) is 1. The van der Waals surface area contributed by atoms with Gasteiger partial charge in [-0.15, -0.1) is 0 Å². The largest absolute Gasteiger partial charge is 0.497 e. The molecule has 0 aliphatic carbocycles. The Hall–Kier alpha value is -3.79. The van der Waals surface area contributed by atoms with E-state index in [1.54, 1.807) is 14.2 Å². The van der Waals surface area contributed by atoms with Gasteiger partial charge in [-0.2, -0.15) is 0 Å². The van der Waals surface area contributed by atoms with Gasteiger partial charge in [0.05, 0.1) is 25.3 Å². The van der Waals surface area contributed by atoms with Crippen LogP contribution in [-0.2, 0) is 12.8 Å². The molecule has 0 amide bonds. The second-order valence-electron chi connectivity index (χ2n) is 7.63. The summed E-state index contributed by atoms with van der Waals surface area (Å²) in [7, 11) is 3.38. The molecule has 31 heavy (non-hydrogen) atoms. The number of H-pyrrole nitrogens is 1. The van der Waals surface area contributed by atoms with Crippen molar-refractivity contribution in [3.8, 4) is 22.6 Å². The summed E-state index contributed by atoms with van der Waals surface area (Å²) in [6.07, 6.45) is 1.76. The average molecular weight is 409 g/mol. The van der Waals surface area contributed by atoms with E-state index in [0.29, 0.717) is 0 Å². The van der Waals surface area contributed by atoms with Gasteiger partial charge in [-0.05, 0) is 60.4 Å². The summed E-state index contributed by atoms with van der Waals surface area (Å²) < 4.78 is 10.6. The van der Waals surface area contributed by atoms with Crippen LogP contribution in [0.5, 0.6) is 11.5 Å². The van der Waals surface area contributed by atoms with Gasteiger partial charge in [-0.1, -0.05) is 42.5 Å². The Morgan fingerprint density at radius 1 is 0.742 bits per heavy atom. The minimum absolute atomic E-state index is 0.850. The van der Waals surface area contributed by atoms with E-state index in [9.17, 15) is 0 Å². The van der Waals surface area contributed by atoms with Crippen molar-refractivity contribution in [1.29, 1.82) is 0 Å². The molecule has 5 rings (SSSR count). The van der Waals surface area contributed by atoms with Crippen LogP contribution in [-0.4, -0.2) is 24.2 Å². The summed E-state index contributed by atoms with van der Waals surface area (Å²) in [4.78, 5) is 8.67. The number of ether oxygens (including phenoxy) is 2. The molecule has 4 heteroatoms. The van der Waals surface area contributed by atoms with Crippen molar-refractivity contribution in [2.24, 2.45) is 0 Å². The second-order valence-corrected chi connectivity index (χ2v) is 7.63. The van der Waals surface area contributed by atoms with Crippen molar-refractivity contribution in [3.05, 3.63) is 90.1 Å². The van der Waals surface area contributed by atoms with Crippen LogP contribution in [0.4, 0.5) is 0 Å². The first-order valence-corrected chi connectivity index (χ1v) is 10.4. The predicted octanol–water partition coefficient (Wildman–Crippen LogP) is 6.19. The van der Waals surface area contributed by atoms with Crippen LogP contribution in [0.3, 0.4) is 0 Å². The fraction of sp³-hybridized carbons (Fsp3) is 0.148. The molecule has 0 aliphatic rings. The normalized spacial score (nSPS) is 11.2. The molecule has 0 fully saturated rings. The van der Waals surface area contributed by atoms with E-state index in [1.165, 1.54) is 5.56 Å². The lowest BCUT2D eigenvalue weighted by Gasteiger charge is -2.11. The molecule has 0 saturated carbocycles. The standard InChI is InChI=1S/C27H24N2O2/c1-30-20-12-7-18(8-13-20)9-16-25-23(19-10-14-21(31-2)15-11-19)17-26-27(29-25)22-5-3-4-6-24(22)28-26/h3-8,10-15,17,28H,9,16H2,1-2H3. The van der Waals surface area contributed by atoms with Gasteiger partial charge in [-0.25, -0.2) is 4.98 Å². The third-order valence-electron chi connectivity index (χ3n) is 5.76. The highest BCUT2D eigenvalue weighted by Crippen LogP contribution is 2.32. The van der Waals surface area contributed by atoms with Crippen molar-refractivity contribution in [3.63, 3.8) is 0 Å². The lowest BCUT2D eigenvalue weighted by Crippen LogP contribution is -1.99. The number of pyridine rings is 1. The fourth-order valence-electron chi connectivity index (χ4n) is 4.06. The third-order valence-corrected chi connectivity index (χ3v) is 5.76. The van der Waals surface area contributed by atoms with E-state index >= 15 is 0 Å². The van der Waals surface area contributed by atoms with Crippen LogP contribution in [0.15, 0.2) is 78.9 Å². The smallest absolute Gasteiger partial charge is 0.118 e. The molecule has 0 bridgehead atoms. The van der Waals surface area contributed by atoms with Crippen LogP contribution >= 0.6 is 0 Å². The van der Waals surface area contributed by atoms with Crippen molar-refractivity contribution in [2.45, 2.75) is 12.8 Å². The molecule has 3 aromatic carbocycles. The Morgan fingerprint density at radius 2 is 1.42 bits per heavy atom. The maximum Gasteiger partial charge on any atom is 0.118 e. The summed E-state index contributed by atoms with van der Waals surface area (Å²) in [6, 6.07) is 27.0. The van der Waals surface area contributed by atoms with Gasteiger partial charge in [-0.3, -0.25) is 0 Å². The molecule has 1 N–H and O–H groups in total. The highest BCUT2D eigenvalue weighted by molar-refractivity contribution is 6.05. The van der Waals surface area contributed by atoms with Gasteiger partial charge in [0.25, 0.3) is 0 Å². The molecule has 2 heterocycles. The summed E-state index contributed by atoms with van der Waals surface area (Å²) in [5.74, 6) is 1.73. The van der Waals surface area contributed by atoms with Crippen LogP contribution in [0.2, 0.25) is 0 Å². The van der Waals surface area contributed by atoms with Gasteiger partial charge in [0.1, 0.15) is 11.5 Å². The number of rotatable bonds is 6. The molecular weight excluding hydrogens is 384 g/mol. The molecular formula is C27H24N2O2. The quantitative estimate of drug-likeness (QED) is 0.365. The summed E-state index contributed by atoms with van der Waals surface area (Å²) in [5.41, 5.74) is 7.84. The number of methoxy groups -OCH3 is 2. The highest BCUT2D eigenvalue weighted by atomic mass is 16.5. The molecule has 0 aliphatic heterocycles. The summed E-state index contributed by atoms with van der Waals surface area (Å²) in [6.45, 7) is 0. The maximum absolute atomic E-state index is 5.34. The zero-order valence-corrected chi connectivity index (χ0v) is 17.7. The minimum atomic E-state index is 0.850. The molecule has 154 valence electrons. The molecule has 0 radical (unpaired) electrons. The Bertz CT molecular complexity index is 1340. The van der Waals surface area contributed by atoms with Crippen molar-refractivity contribution in [1.82, 2.24) is 9.97 Å². The first-order chi connectivity index (χ1) is 15.2. The van der Waals surface area contributed by atoms with Gasteiger partial charge in [0, 0.05) is 22.2 Å². The Kier molecular flexibility index (Phi) is 5.04. The third kappa shape index (κ3) is 3.73. The summed E-state index contributed by atoms with van der Waals surface area (Å²) >= 11 is 0. The molecule has 0 atom stereocenters. The van der Waals surface area contributed by atoms with Gasteiger partial charge in [0.15, 0.2) is 0 Å². The SMILES string of the molecule is COc1ccc(CCc2nc3c(cc2-c2ccc(OC)cc2)[nH]c2ccccc23)cc1. The number of benzene rings is 3. The van der Waals surface area contributed by atoms with Crippen molar-refractivity contribution in [2.75, 3.05) is 14.2 Å². The molecule has 5 aromatic rings. The topological polar surface area (TPSA) is 47.1 Å². The highest BCUT2D eigenvalue weighted by Gasteiger charge is 2.13. The van der Waals surface area contributed by atoms with E-state index in [1.807, 2.05) is 30.3 Å². The molecule has 0 spiro atoms. The van der Waals surface area contributed by atoms with Gasteiger partial charge >= 0.3 is 0 Å². The number of nitrogens with zero attached hydrogens (tertiary/aromatic N) is 1. The zero-order valence-electron chi connectivity index (χ0n) is 17.7. The Morgan fingerprint density at radius 3 is 2.13 bits per heavy atom. The number of hydrogen-bond donors (Lipinski definition) is 1. The second kappa shape index (κ2) is 8.15. The number of hydrogen-bond acceptors (Lipinski definition) is 3. The summed E-state index contributed by atoms with van der Waals surface area (Å²) in [5, 5.41) is 1.16. The number of para-hydroxylation sites is 1. The van der Waals surface area contributed by atoms with Crippen LogP contribution in [0, 0.1) is 0 Å². The average Bonchev–Trinajstić information content (AvgIpc) is 3.20. The van der Waals surface area contributed by atoms with Crippen LogP contribution in [0.1, 0.15) is 11.3 Å². The van der Waals surface area contributed by atoms with E-state index in [0.717, 1.165) is 63.1 Å². The van der Waals surface area contributed by atoms with Crippen LogP contribution in [0.25, 0.3) is 33.1 Å². The first kappa shape index (κ1) is 19.2. The van der Waals surface area contributed by atoms with E-state index in [2.05, 4.69) is 53.5 Å². The lowest BCUT2D eigenvalue weighted by atomic mass is 9.98. The number of aryl methyl sites for hydroxylation is 2. The fourth-order valence-corrected chi connectivity index (χ4v) is 4.06. The number of aromatic nitrogens is 2. The Balaban J connectivity index is 1.58. The molecule has 4 nitrogen and oxygen atoms in total. The monoisotopic (exact) mass is 408 g/mol. The van der Waals surface area contributed by atoms with E-state index in [-0.39, 0.29) is 0 Å². The Labute approximate surface area is 181 Å². The van der Waals surface area contributed by atoms with Crippen molar-refractivity contribution < 1.29 is 9.47 Å².